The van der Waals surface area contributed by atoms with Crippen LogP contribution in [0.4, 0.5) is 10.5 Å². The Morgan fingerprint density at radius 1 is 1.44 bits per heavy atom. The zero-order valence-corrected chi connectivity index (χ0v) is 12.2. The lowest BCUT2D eigenvalue weighted by Gasteiger charge is -2.17. The van der Waals surface area contributed by atoms with Crippen LogP contribution < -0.4 is 5.32 Å². The largest absolute Gasteiger partial charge is 0.481 e. The number of anilines is 1. The number of hydrogen-bond donors (Lipinski definition) is 2. The summed E-state index contributed by atoms with van der Waals surface area (Å²) in [6.45, 7) is 0.419. The number of halogens is 1. The summed E-state index contributed by atoms with van der Waals surface area (Å²) < 4.78 is 1.04. The molecule has 0 saturated carbocycles. The Morgan fingerprint density at radius 3 is 2.78 bits per heavy atom. The van der Waals surface area contributed by atoms with E-state index in [9.17, 15) is 9.59 Å². The molecule has 18 heavy (non-hydrogen) atoms. The van der Waals surface area contributed by atoms with E-state index in [1.54, 1.807) is 7.05 Å². The highest BCUT2D eigenvalue weighted by Crippen LogP contribution is 2.12. The quantitative estimate of drug-likeness (QED) is 0.792. The highest BCUT2D eigenvalue weighted by atomic mass is 127. The normalized spacial score (nSPS) is 9.89. The molecule has 6 heteroatoms. The molecule has 0 unspecified atom stereocenters. The lowest BCUT2D eigenvalue weighted by atomic mass is 10.3. The van der Waals surface area contributed by atoms with Gasteiger partial charge in [0.15, 0.2) is 0 Å². The van der Waals surface area contributed by atoms with Gasteiger partial charge in [-0.05, 0) is 47.2 Å². The first-order chi connectivity index (χ1) is 8.49. The third-order valence-corrected chi connectivity index (χ3v) is 2.98. The van der Waals surface area contributed by atoms with Crippen LogP contribution in [0, 0.1) is 3.57 Å². The molecular formula is C12H15IN2O3. The smallest absolute Gasteiger partial charge is 0.321 e. The van der Waals surface area contributed by atoms with Crippen LogP contribution in [0.15, 0.2) is 24.3 Å². The Kier molecular flexibility index (Phi) is 5.90. The van der Waals surface area contributed by atoms with Gasteiger partial charge < -0.3 is 15.3 Å². The summed E-state index contributed by atoms with van der Waals surface area (Å²) in [5.74, 6) is -0.846. The zero-order valence-electron chi connectivity index (χ0n) is 10.0. The van der Waals surface area contributed by atoms with Gasteiger partial charge in [0.1, 0.15) is 0 Å². The van der Waals surface area contributed by atoms with Crippen molar-refractivity contribution in [3.63, 3.8) is 0 Å². The summed E-state index contributed by atoms with van der Waals surface area (Å²) in [6.07, 6.45) is 0.520. The molecule has 0 aliphatic rings. The second-order valence-corrected chi connectivity index (χ2v) is 5.10. The Hall–Kier alpha value is -1.31. The monoisotopic (exact) mass is 362 g/mol. The molecule has 2 N–H and O–H groups in total. The van der Waals surface area contributed by atoms with Crippen molar-refractivity contribution in [3.8, 4) is 0 Å². The van der Waals surface area contributed by atoms with Crippen molar-refractivity contribution in [2.75, 3.05) is 18.9 Å². The van der Waals surface area contributed by atoms with Gasteiger partial charge in [-0.1, -0.05) is 6.07 Å². The van der Waals surface area contributed by atoms with Crippen molar-refractivity contribution < 1.29 is 14.7 Å². The first-order valence-electron chi connectivity index (χ1n) is 5.48. The third kappa shape index (κ3) is 5.35. The average molecular weight is 362 g/mol. The first-order valence-corrected chi connectivity index (χ1v) is 6.56. The van der Waals surface area contributed by atoms with Crippen LogP contribution in [-0.4, -0.2) is 35.6 Å². The van der Waals surface area contributed by atoms with E-state index in [1.807, 2.05) is 24.3 Å². The fourth-order valence-corrected chi connectivity index (χ4v) is 1.90. The van der Waals surface area contributed by atoms with E-state index >= 15 is 0 Å². The summed E-state index contributed by atoms with van der Waals surface area (Å²) in [6, 6.07) is 7.24. The lowest BCUT2D eigenvalue weighted by Crippen LogP contribution is -2.32. The van der Waals surface area contributed by atoms with Gasteiger partial charge >= 0.3 is 12.0 Å². The number of carboxylic acid groups (broad SMARTS) is 1. The number of carbonyl (C=O) groups is 2. The van der Waals surface area contributed by atoms with Crippen LogP contribution in [0.3, 0.4) is 0 Å². The lowest BCUT2D eigenvalue weighted by molar-refractivity contribution is -0.137. The maximum Gasteiger partial charge on any atom is 0.321 e. The number of aliphatic carboxylic acids is 1. The Morgan fingerprint density at radius 2 is 2.17 bits per heavy atom. The second-order valence-electron chi connectivity index (χ2n) is 3.86. The maximum atomic E-state index is 11.8. The summed E-state index contributed by atoms with van der Waals surface area (Å²) in [7, 11) is 1.64. The topological polar surface area (TPSA) is 69.6 Å². The van der Waals surface area contributed by atoms with E-state index in [0.29, 0.717) is 13.0 Å². The minimum atomic E-state index is -0.846. The highest BCUT2D eigenvalue weighted by molar-refractivity contribution is 14.1. The SMILES string of the molecule is CN(CCCC(=O)O)C(=O)Nc1cccc(I)c1. The van der Waals surface area contributed by atoms with E-state index in [0.717, 1.165) is 9.26 Å². The molecule has 1 aromatic rings. The number of urea groups is 1. The van der Waals surface area contributed by atoms with Gasteiger partial charge in [0.2, 0.25) is 0 Å². The fourth-order valence-electron chi connectivity index (χ4n) is 1.35. The Labute approximate surface area is 119 Å². The van der Waals surface area contributed by atoms with E-state index in [2.05, 4.69) is 27.9 Å². The molecule has 98 valence electrons. The summed E-state index contributed by atoms with van der Waals surface area (Å²) >= 11 is 2.17. The van der Waals surface area contributed by atoms with Gasteiger partial charge in [0, 0.05) is 29.3 Å². The molecule has 0 atom stereocenters. The van der Waals surface area contributed by atoms with Crippen molar-refractivity contribution in [2.24, 2.45) is 0 Å². The number of carbonyl (C=O) groups excluding carboxylic acids is 1. The molecule has 0 bridgehead atoms. The van der Waals surface area contributed by atoms with Gasteiger partial charge in [0.05, 0.1) is 0 Å². The van der Waals surface area contributed by atoms with Crippen molar-refractivity contribution in [1.82, 2.24) is 4.90 Å². The number of rotatable bonds is 5. The van der Waals surface area contributed by atoms with Gasteiger partial charge in [-0.25, -0.2) is 4.79 Å². The standard InChI is InChI=1S/C12H15IN2O3/c1-15(7-3-6-11(16)17)12(18)14-10-5-2-4-9(13)8-10/h2,4-5,8H,3,6-7H2,1H3,(H,14,18)(H,16,17). The van der Waals surface area contributed by atoms with E-state index in [1.165, 1.54) is 4.90 Å². The molecular weight excluding hydrogens is 347 g/mol. The molecule has 0 radical (unpaired) electrons. The predicted molar refractivity (Wildman–Crippen MR) is 77.7 cm³/mol. The number of benzene rings is 1. The van der Waals surface area contributed by atoms with Crippen molar-refractivity contribution >= 4 is 40.3 Å². The van der Waals surface area contributed by atoms with Crippen LogP contribution >= 0.6 is 22.6 Å². The zero-order chi connectivity index (χ0) is 13.5. The van der Waals surface area contributed by atoms with Crippen molar-refractivity contribution in [3.05, 3.63) is 27.8 Å². The predicted octanol–water partition coefficient (Wildman–Crippen LogP) is 2.62. The average Bonchev–Trinajstić information content (AvgIpc) is 2.28. The van der Waals surface area contributed by atoms with Crippen molar-refractivity contribution in [1.29, 1.82) is 0 Å². The van der Waals surface area contributed by atoms with Crippen LogP contribution in [0.5, 0.6) is 0 Å². The van der Waals surface area contributed by atoms with E-state index < -0.39 is 5.97 Å². The van der Waals surface area contributed by atoms with Gasteiger partial charge in [-0.2, -0.15) is 0 Å². The fraction of sp³-hybridized carbons (Fsp3) is 0.333. The van der Waals surface area contributed by atoms with Gasteiger partial charge in [-0.3, -0.25) is 4.79 Å². The number of nitrogens with one attached hydrogen (secondary N) is 1. The van der Waals surface area contributed by atoms with Crippen LogP contribution in [0.25, 0.3) is 0 Å². The van der Waals surface area contributed by atoms with Crippen molar-refractivity contribution in [2.45, 2.75) is 12.8 Å². The van der Waals surface area contributed by atoms with E-state index in [-0.39, 0.29) is 12.5 Å². The van der Waals surface area contributed by atoms with Crippen LogP contribution in [-0.2, 0) is 4.79 Å². The van der Waals surface area contributed by atoms with Gasteiger partial charge in [0.25, 0.3) is 0 Å². The Bertz CT molecular complexity index is 437. The van der Waals surface area contributed by atoms with E-state index in [4.69, 9.17) is 5.11 Å². The number of nitrogens with zero attached hydrogens (tertiary/aromatic N) is 1. The molecule has 0 saturated heterocycles. The maximum absolute atomic E-state index is 11.8. The molecule has 0 heterocycles. The number of hydrogen-bond acceptors (Lipinski definition) is 2. The van der Waals surface area contributed by atoms with Crippen LogP contribution in [0.2, 0.25) is 0 Å². The molecule has 2 amide bonds. The number of amides is 2. The molecule has 0 aliphatic carbocycles. The summed E-state index contributed by atoms with van der Waals surface area (Å²) in [4.78, 5) is 23.6. The minimum Gasteiger partial charge on any atom is -0.481 e. The molecule has 0 spiro atoms. The minimum absolute atomic E-state index is 0.0703. The second kappa shape index (κ2) is 7.20. The molecule has 1 rings (SSSR count). The molecule has 5 nitrogen and oxygen atoms in total. The number of carboxylic acids is 1. The molecule has 0 aliphatic heterocycles. The van der Waals surface area contributed by atoms with Gasteiger partial charge in [-0.15, -0.1) is 0 Å². The Balaban J connectivity index is 2.42. The molecule has 0 aromatic heterocycles. The van der Waals surface area contributed by atoms with Crippen LogP contribution in [0.1, 0.15) is 12.8 Å². The summed E-state index contributed by atoms with van der Waals surface area (Å²) in [5.41, 5.74) is 0.733. The first kappa shape index (κ1) is 14.7. The highest BCUT2D eigenvalue weighted by Gasteiger charge is 2.09. The summed E-state index contributed by atoms with van der Waals surface area (Å²) in [5, 5.41) is 11.3. The third-order valence-electron chi connectivity index (χ3n) is 2.31. The molecule has 1 aromatic carbocycles. The molecule has 0 fully saturated rings.